The number of anilines is 1. The van der Waals surface area contributed by atoms with Gasteiger partial charge in [-0.2, -0.15) is 0 Å². The first kappa shape index (κ1) is 16.5. The standard InChI is InChI=1S/C17H22N4O3S/c22-15-14(9-18-17-21(15)6-8-25-17)19-16(23)20(10-12-3-1-4-12)11-13-5-2-7-24-13/h6,8-9,12-13H,1-5,7,10-11H2,(H,19,23)/t13-/m0/s1. The van der Waals surface area contributed by atoms with Crippen LogP contribution in [0, 0.1) is 5.92 Å². The summed E-state index contributed by atoms with van der Waals surface area (Å²) in [4.78, 5) is 31.9. The highest BCUT2D eigenvalue weighted by atomic mass is 32.1. The Balaban J connectivity index is 1.49. The minimum absolute atomic E-state index is 0.101. The summed E-state index contributed by atoms with van der Waals surface area (Å²) < 4.78 is 7.14. The van der Waals surface area contributed by atoms with Crippen LogP contribution in [0.4, 0.5) is 10.5 Å². The number of hydrogen-bond donors (Lipinski definition) is 1. The smallest absolute Gasteiger partial charge is 0.322 e. The lowest BCUT2D eigenvalue weighted by molar-refractivity contribution is 0.0748. The zero-order chi connectivity index (χ0) is 17.2. The average Bonchev–Trinajstić information content (AvgIpc) is 3.23. The van der Waals surface area contributed by atoms with Crippen LogP contribution < -0.4 is 10.9 Å². The highest BCUT2D eigenvalue weighted by molar-refractivity contribution is 7.15. The molecular weight excluding hydrogens is 340 g/mol. The molecule has 25 heavy (non-hydrogen) atoms. The molecule has 0 spiro atoms. The van der Waals surface area contributed by atoms with Crippen molar-refractivity contribution in [3.63, 3.8) is 0 Å². The molecule has 0 aromatic carbocycles. The molecule has 134 valence electrons. The lowest BCUT2D eigenvalue weighted by Crippen LogP contribution is -2.44. The van der Waals surface area contributed by atoms with Crippen LogP contribution >= 0.6 is 11.3 Å². The number of carbonyl (C=O) groups excluding carboxylic acids is 1. The SMILES string of the molecule is O=C(Nc1cnc2sccn2c1=O)N(CC1CCC1)C[C@@H]1CCCO1. The van der Waals surface area contributed by atoms with Gasteiger partial charge in [-0.1, -0.05) is 6.42 Å². The summed E-state index contributed by atoms with van der Waals surface area (Å²) in [5.74, 6) is 0.561. The minimum atomic E-state index is -0.250. The molecule has 2 aromatic rings. The maximum absolute atomic E-state index is 12.8. The summed E-state index contributed by atoms with van der Waals surface area (Å²) in [5.41, 5.74) is -0.0350. The number of ether oxygens (including phenoxy) is 1. The van der Waals surface area contributed by atoms with E-state index in [1.807, 2.05) is 4.90 Å². The minimum Gasteiger partial charge on any atom is -0.376 e. The van der Waals surface area contributed by atoms with Gasteiger partial charge in [0.25, 0.3) is 5.56 Å². The topological polar surface area (TPSA) is 75.9 Å². The van der Waals surface area contributed by atoms with E-state index in [1.54, 1.807) is 11.6 Å². The zero-order valence-electron chi connectivity index (χ0n) is 14.0. The van der Waals surface area contributed by atoms with E-state index in [1.165, 1.54) is 41.2 Å². The maximum atomic E-state index is 12.8. The van der Waals surface area contributed by atoms with Crippen molar-refractivity contribution in [1.82, 2.24) is 14.3 Å². The molecule has 1 N–H and O–H groups in total. The summed E-state index contributed by atoms with van der Waals surface area (Å²) in [6.07, 6.45) is 8.82. The fraction of sp³-hybridized carbons (Fsp3) is 0.588. The third-order valence-electron chi connectivity index (χ3n) is 5.02. The van der Waals surface area contributed by atoms with Crippen LogP contribution in [0.1, 0.15) is 32.1 Å². The van der Waals surface area contributed by atoms with Gasteiger partial charge in [-0.15, -0.1) is 11.3 Å². The molecule has 1 atom stereocenters. The van der Waals surface area contributed by atoms with E-state index in [4.69, 9.17) is 4.74 Å². The first-order chi connectivity index (χ1) is 12.2. The van der Waals surface area contributed by atoms with Crippen LogP contribution in [0.15, 0.2) is 22.6 Å². The van der Waals surface area contributed by atoms with E-state index >= 15 is 0 Å². The Morgan fingerprint density at radius 2 is 2.24 bits per heavy atom. The third kappa shape index (κ3) is 3.55. The Hall–Kier alpha value is -1.93. The second-order valence-corrected chi connectivity index (χ2v) is 7.67. The molecule has 0 bridgehead atoms. The van der Waals surface area contributed by atoms with Crippen LogP contribution in [0.5, 0.6) is 0 Å². The van der Waals surface area contributed by atoms with Gasteiger partial charge in [0.2, 0.25) is 0 Å². The quantitative estimate of drug-likeness (QED) is 0.887. The van der Waals surface area contributed by atoms with Crippen molar-refractivity contribution in [1.29, 1.82) is 0 Å². The van der Waals surface area contributed by atoms with E-state index in [0.29, 0.717) is 17.4 Å². The highest BCUT2D eigenvalue weighted by Gasteiger charge is 2.28. The Morgan fingerprint density at radius 3 is 2.96 bits per heavy atom. The van der Waals surface area contributed by atoms with Crippen molar-refractivity contribution in [2.24, 2.45) is 5.92 Å². The van der Waals surface area contributed by atoms with E-state index in [0.717, 1.165) is 26.0 Å². The Kier molecular flexibility index (Phi) is 4.72. The lowest BCUT2D eigenvalue weighted by atomic mass is 9.85. The van der Waals surface area contributed by atoms with Gasteiger partial charge in [0.15, 0.2) is 4.96 Å². The predicted octanol–water partition coefficient (Wildman–Crippen LogP) is 2.57. The van der Waals surface area contributed by atoms with Crippen LogP contribution in [-0.4, -0.2) is 46.1 Å². The first-order valence-electron chi connectivity index (χ1n) is 8.83. The molecule has 1 saturated carbocycles. The molecule has 2 aromatic heterocycles. The Morgan fingerprint density at radius 1 is 1.36 bits per heavy atom. The van der Waals surface area contributed by atoms with Crippen LogP contribution in [-0.2, 0) is 4.74 Å². The molecule has 2 amide bonds. The molecule has 4 rings (SSSR count). The number of hydrogen-bond acceptors (Lipinski definition) is 5. The molecule has 2 fully saturated rings. The van der Waals surface area contributed by atoms with Crippen LogP contribution in [0.25, 0.3) is 4.96 Å². The summed E-state index contributed by atoms with van der Waals surface area (Å²) in [6, 6.07) is -0.239. The molecule has 2 aliphatic rings. The molecule has 0 unspecified atom stereocenters. The second-order valence-electron chi connectivity index (χ2n) is 6.80. The largest absolute Gasteiger partial charge is 0.376 e. The number of fused-ring (bicyclic) bond motifs is 1. The number of thiazole rings is 1. The number of rotatable bonds is 5. The van der Waals surface area contributed by atoms with Crippen molar-refractivity contribution in [3.05, 3.63) is 28.1 Å². The lowest BCUT2D eigenvalue weighted by Gasteiger charge is -2.33. The second kappa shape index (κ2) is 7.13. The molecule has 3 heterocycles. The molecule has 7 nitrogen and oxygen atoms in total. The average molecular weight is 362 g/mol. The first-order valence-corrected chi connectivity index (χ1v) is 9.71. The number of urea groups is 1. The molecular formula is C17H22N4O3S. The Labute approximate surface area is 149 Å². The zero-order valence-corrected chi connectivity index (χ0v) is 14.8. The van der Waals surface area contributed by atoms with E-state index in [9.17, 15) is 9.59 Å². The van der Waals surface area contributed by atoms with E-state index < -0.39 is 0 Å². The summed E-state index contributed by atoms with van der Waals surface area (Å²) in [6.45, 7) is 2.07. The third-order valence-corrected chi connectivity index (χ3v) is 5.79. The van der Waals surface area contributed by atoms with Crippen molar-refractivity contribution in [2.75, 3.05) is 25.0 Å². The fourth-order valence-corrected chi connectivity index (χ4v) is 4.04. The number of nitrogens with one attached hydrogen (secondary N) is 1. The number of carbonyl (C=O) groups is 1. The van der Waals surface area contributed by atoms with Gasteiger partial charge in [-0.05, 0) is 31.6 Å². The Bertz CT molecular complexity index is 808. The van der Waals surface area contributed by atoms with Crippen molar-refractivity contribution >= 4 is 28.0 Å². The summed E-state index contributed by atoms with van der Waals surface area (Å²) in [7, 11) is 0. The van der Waals surface area contributed by atoms with Gasteiger partial charge in [0.1, 0.15) is 5.69 Å². The number of amides is 2. The highest BCUT2D eigenvalue weighted by Crippen LogP contribution is 2.28. The predicted molar refractivity (Wildman–Crippen MR) is 96.2 cm³/mol. The number of aromatic nitrogens is 2. The molecule has 1 aliphatic carbocycles. The van der Waals surface area contributed by atoms with Gasteiger partial charge < -0.3 is 15.0 Å². The van der Waals surface area contributed by atoms with Gasteiger partial charge in [0, 0.05) is 31.3 Å². The normalized spacial score (nSPS) is 20.6. The van der Waals surface area contributed by atoms with Gasteiger partial charge in [-0.25, -0.2) is 9.78 Å². The summed E-state index contributed by atoms with van der Waals surface area (Å²) in [5, 5.41) is 4.56. The molecule has 1 saturated heterocycles. The van der Waals surface area contributed by atoms with Crippen LogP contribution in [0.2, 0.25) is 0 Å². The van der Waals surface area contributed by atoms with E-state index in [-0.39, 0.29) is 23.4 Å². The van der Waals surface area contributed by atoms with Crippen LogP contribution in [0.3, 0.4) is 0 Å². The van der Waals surface area contributed by atoms with E-state index in [2.05, 4.69) is 10.3 Å². The fourth-order valence-electron chi connectivity index (χ4n) is 3.37. The maximum Gasteiger partial charge on any atom is 0.322 e. The van der Waals surface area contributed by atoms with Gasteiger partial charge in [-0.3, -0.25) is 9.20 Å². The monoisotopic (exact) mass is 362 g/mol. The van der Waals surface area contributed by atoms with Gasteiger partial charge >= 0.3 is 6.03 Å². The molecule has 8 heteroatoms. The van der Waals surface area contributed by atoms with Crippen molar-refractivity contribution < 1.29 is 9.53 Å². The van der Waals surface area contributed by atoms with Crippen molar-refractivity contribution in [2.45, 2.75) is 38.2 Å². The van der Waals surface area contributed by atoms with Gasteiger partial charge in [0.05, 0.1) is 12.3 Å². The van der Waals surface area contributed by atoms with Crippen molar-refractivity contribution in [3.8, 4) is 0 Å². The molecule has 0 radical (unpaired) electrons. The molecule has 1 aliphatic heterocycles. The number of nitrogens with zero attached hydrogens (tertiary/aromatic N) is 3. The summed E-state index contributed by atoms with van der Waals surface area (Å²) >= 11 is 1.39.